The normalized spacial score (nSPS) is 25.4. The Morgan fingerprint density at radius 3 is 2.30 bits per heavy atom. The molecule has 0 radical (unpaired) electrons. The summed E-state index contributed by atoms with van der Waals surface area (Å²) in [7, 11) is 2.21. The molecule has 1 aromatic carbocycles. The van der Waals surface area contributed by atoms with Crippen LogP contribution in [0.1, 0.15) is 6.42 Å². The van der Waals surface area contributed by atoms with Gasteiger partial charge in [-0.05, 0) is 19.0 Å². The lowest BCUT2D eigenvalue weighted by molar-refractivity contribution is 0.291. The molecule has 2 saturated heterocycles. The molecule has 0 N–H and O–H groups in total. The molecule has 0 unspecified atom stereocenters. The molecular formula is C16H18N4. The molecule has 0 spiro atoms. The van der Waals surface area contributed by atoms with Gasteiger partial charge in [-0.3, -0.25) is 4.90 Å². The third-order valence-corrected chi connectivity index (χ3v) is 4.52. The Bertz CT molecular complexity index is 594. The van der Waals surface area contributed by atoms with E-state index in [-0.39, 0.29) is 0 Å². The SMILES string of the molecule is CN1C[C@@H]2C[C@H]1CN2c1ncc(-c2ccccc2)cn1. The minimum absolute atomic E-state index is 0.590. The molecule has 2 fully saturated rings. The van der Waals surface area contributed by atoms with Crippen LogP contribution in [0.15, 0.2) is 42.7 Å². The molecule has 102 valence electrons. The minimum Gasteiger partial charge on any atom is -0.335 e. The van der Waals surface area contributed by atoms with Gasteiger partial charge < -0.3 is 4.90 Å². The second-order valence-electron chi connectivity index (χ2n) is 5.77. The highest BCUT2D eigenvalue weighted by atomic mass is 15.4. The molecule has 2 aromatic rings. The summed E-state index contributed by atoms with van der Waals surface area (Å²) >= 11 is 0. The van der Waals surface area contributed by atoms with Crippen LogP contribution in [0.4, 0.5) is 5.95 Å². The maximum atomic E-state index is 4.58. The van der Waals surface area contributed by atoms with Gasteiger partial charge in [-0.15, -0.1) is 0 Å². The van der Waals surface area contributed by atoms with Crippen LogP contribution in [0.3, 0.4) is 0 Å². The van der Waals surface area contributed by atoms with Crippen LogP contribution < -0.4 is 4.90 Å². The summed E-state index contributed by atoms with van der Waals surface area (Å²) in [5.74, 6) is 0.880. The van der Waals surface area contributed by atoms with E-state index < -0.39 is 0 Å². The molecule has 4 rings (SSSR count). The summed E-state index contributed by atoms with van der Waals surface area (Å²) in [4.78, 5) is 14.0. The Labute approximate surface area is 119 Å². The minimum atomic E-state index is 0.590. The number of piperazine rings is 1. The quantitative estimate of drug-likeness (QED) is 0.832. The summed E-state index contributed by atoms with van der Waals surface area (Å²) < 4.78 is 0. The number of rotatable bonds is 2. The van der Waals surface area contributed by atoms with Crippen molar-refractivity contribution in [3.05, 3.63) is 42.7 Å². The van der Waals surface area contributed by atoms with E-state index in [1.165, 1.54) is 12.0 Å². The second-order valence-corrected chi connectivity index (χ2v) is 5.77. The summed E-state index contributed by atoms with van der Waals surface area (Å²) in [6.07, 6.45) is 5.13. The molecule has 0 amide bonds. The number of likely N-dealkylation sites (N-methyl/N-ethyl adjacent to an activating group) is 1. The van der Waals surface area contributed by atoms with Crippen LogP contribution in [0.25, 0.3) is 11.1 Å². The first kappa shape index (κ1) is 11.9. The van der Waals surface area contributed by atoms with Gasteiger partial charge in [0.05, 0.1) is 0 Å². The van der Waals surface area contributed by atoms with Crippen molar-refractivity contribution in [1.29, 1.82) is 0 Å². The van der Waals surface area contributed by atoms with E-state index in [1.54, 1.807) is 0 Å². The van der Waals surface area contributed by atoms with Crippen LogP contribution in [-0.4, -0.2) is 47.1 Å². The standard InChI is InChI=1S/C16H18N4/c1-19-10-15-7-14(19)11-20(15)16-17-8-13(9-18-16)12-5-3-2-4-6-12/h2-6,8-9,14-15H,7,10-11H2,1H3/t14-,15-/m0/s1. The molecular weight excluding hydrogens is 248 g/mol. The van der Waals surface area contributed by atoms with E-state index in [0.717, 1.165) is 24.6 Å². The van der Waals surface area contributed by atoms with Crippen molar-refractivity contribution >= 4 is 5.95 Å². The van der Waals surface area contributed by atoms with Gasteiger partial charge in [0.2, 0.25) is 5.95 Å². The van der Waals surface area contributed by atoms with Crippen molar-refractivity contribution in [2.45, 2.75) is 18.5 Å². The number of aromatic nitrogens is 2. The third-order valence-electron chi connectivity index (χ3n) is 4.52. The third kappa shape index (κ3) is 1.88. The Morgan fingerprint density at radius 1 is 0.950 bits per heavy atom. The highest BCUT2D eigenvalue weighted by molar-refractivity contribution is 5.61. The molecule has 1 aromatic heterocycles. The van der Waals surface area contributed by atoms with E-state index >= 15 is 0 Å². The van der Waals surface area contributed by atoms with E-state index in [1.807, 2.05) is 30.6 Å². The fourth-order valence-electron chi connectivity index (χ4n) is 3.36. The van der Waals surface area contributed by atoms with Crippen molar-refractivity contribution in [2.75, 3.05) is 25.0 Å². The molecule has 4 nitrogen and oxygen atoms in total. The molecule has 4 heteroatoms. The molecule has 2 aliphatic heterocycles. The van der Waals surface area contributed by atoms with Crippen molar-refractivity contribution in [1.82, 2.24) is 14.9 Å². The zero-order chi connectivity index (χ0) is 13.5. The Hall–Kier alpha value is -1.94. The summed E-state index contributed by atoms with van der Waals surface area (Å²) in [5, 5.41) is 0. The predicted molar refractivity (Wildman–Crippen MR) is 79.6 cm³/mol. The molecule has 2 bridgehead atoms. The van der Waals surface area contributed by atoms with Gasteiger partial charge in [-0.25, -0.2) is 9.97 Å². The number of fused-ring (bicyclic) bond motifs is 2. The van der Waals surface area contributed by atoms with E-state index in [4.69, 9.17) is 0 Å². The van der Waals surface area contributed by atoms with Gasteiger partial charge in [-0.1, -0.05) is 30.3 Å². The number of hydrogen-bond acceptors (Lipinski definition) is 4. The maximum absolute atomic E-state index is 4.58. The highest BCUT2D eigenvalue weighted by Crippen LogP contribution is 2.32. The largest absolute Gasteiger partial charge is 0.335 e. The molecule has 20 heavy (non-hydrogen) atoms. The fraction of sp³-hybridized carbons (Fsp3) is 0.375. The van der Waals surface area contributed by atoms with Gasteiger partial charge in [-0.2, -0.15) is 0 Å². The first-order chi connectivity index (χ1) is 9.81. The molecule has 3 heterocycles. The molecule has 0 saturated carbocycles. The topological polar surface area (TPSA) is 32.3 Å². The van der Waals surface area contributed by atoms with Crippen LogP contribution in [0.2, 0.25) is 0 Å². The second kappa shape index (κ2) is 4.56. The number of benzene rings is 1. The lowest BCUT2D eigenvalue weighted by Gasteiger charge is -2.31. The lowest BCUT2D eigenvalue weighted by atomic mass is 10.1. The number of nitrogens with zero attached hydrogens (tertiary/aromatic N) is 4. The zero-order valence-electron chi connectivity index (χ0n) is 11.6. The van der Waals surface area contributed by atoms with Crippen LogP contribution >= 0.6 is 0 Å². The first-order valence-corrected chi connectivity index (χ1v) is 7.15. The van der Waals surface area contributed by atoms with Gasteiger partial charge >= 0.3 is 0 Å². The van der Waals surface area contributed by atoms with Crippen LogP contribution in [0.5, 0.6) is 0 Å². The smallest absolute Gasteiger partial charge is 0.225 e. The van der Waals surface area contributed by atoms with Crippen molar-refractivity contribution in [3.63, 3.8) is 0 Å². The summed E-state index contributed by atoms with van der Waals surface area (Å²) in [6.45, 7) is 2.19. The van der Waals surface area contributed by atoms with Crippen LogP contribution in [-0.2, 0) is 0 Å². The van der Waals surface area contributed by atoms with Crippen molar-refractivity contribution in [3.8, 4) is 11.1 Å². The van der Waals surface area contributed by atoms with E-state index in [2.05, 4.69) is 38.9 Å². The first-order valence-electron chi connectivity index (χ1n) is 7.15. The average Bonchev–Trinajstić information content (AvgIpc) is 3.07. The summed E-state index contributed by atoms with van der Waals surface area (Å²) in [6, 6.07) is 11.5. The molecule has 2 atom stereocenters. The van der Waals surface area contributed by atoms with Gasteiger partial charge in [0.1, 0.15) is 0 Å². The Balaban J connectivity index is 1.57. The number of hydrogen-bond donors (Lipinski definition) is 0. The fourth-order valence-corrected chi connectivity index (χ4v) is 3.36. The van der Waals surface area contributed by atoms with Gasteiger partial charge in [0.15, 0.2) is 0 Å². The number of anilines is 1. The Morgan fingerprint density at radius 2 is 1.70 bits per heavy atom. The highest BCUT2D eigenvalue weighted by Gasteiger charge is 2.42. The van der Waals surface area contributed by atoms with Crippen LogP contribution in [0, 0.1) is 0 Å². The Kier molecular flexibility index (Phi) is 2.70. The van der Waals surface area contributed by atoms with Gasteiger partial charge in [0.25, 0.3) is 0 Å². The molecule has 2 aliphatic rings. The number of likely N-dealkylation sites (tertiary alicyclic amines) is 1. The zero-order valence-corrected chi connectivity index (χ0v) is 11.6. The monoisotopic (exact) mass is 266 g/mol. The van der Waals surface area contributed by atoms with Crippen molar-refractivity contribution in [2.24, 2.45) is 0 Å². The van der Waals surface area contributed by atoms with Crippen molar-refractivity contribution < 1.29 is 0 Å². The summed E-state index contributed by atoms with van der Waals surface area (Å²) in [5.41, 5.74) is 2.25. The molecule has 0 aliphatic carbocycles. The van der Waals surface area contributed by atoms with E-state index in [0.29, 0.717) is 12.1 Å². The maximum Gasteiger partial charge on any atom is 0.225 e. The lowest BCUT2D eigenvalue weighted by Crippen LogP contribution is -2.45. The van der Waals surface area contributed by atoms with Gasteiger partial charge in [0, 0.05) is 43.1 Å². The van der Waals surface area contributed by atoms with E-state index in [9.17, 15) is 0 Å². The average molecular weight is 266 g/mol. The predicted octanol–water partition coefficient (Wildman–Crippen LogP) is 2.04.